The Morgan fingerprint density at radius 2 is 2.00 bits per heavy atom. The Morgan fingerprint density at radius 1 is 1.28 bits per heavy atom. The normalized spacial score (nSPS) is 21.8. The van der Waals surface area contributed by atoms with Crippen LogP contribution in [0.3, 0.4) is 0 Å². The number of oxazole rings is 1. The number of aromatic nitrogens is 1. The van der Waals surface area contributed by atoms with E-state index in [0.717, 1.165) is 25.7 Å². The summed E-state index contributed by atoms with van der Waals surface area (Å²) in [5, 5.41) is 3.25. The highest BCUT2D eigenvalue weighted by molar-refractivity contribution is 7.87. The number of hydrogen-bond donors (Lipinski definition) is 2. The molecule has 25 heavy (non-hydrogen) atoms. The minimum atomic E-state index is -3.37. The smallest absolute Gasteiger partial charge is 0.295 e. The lowest BCUT2D eigenvalue weighted by atomic mass is 9.86. The molecule has 7 nitrogen and oxygen atoms in total. The molecule has 0 bridgehead atoms. The first kappa shape index (κ1) is 18.1. The molecule has 9 heteroatoms. The Balaban J connectivity index is 1.50. The molecule has 1 fully saturated rings. The summed E-state index contributed by atoms with van der Waals surface area (Å²) in [7, 11) is -0.347. The van der Waals surface area contributed by atoms with E-state index in [4.69, 9.17) is 4.42 Å². The highest BCUT2D eigenvalue weighted by atomic mass is 32.2. The molecular formula is C16H23FN4O3S. The van der Waals surface area contributed by atoms with Crippen LogP contribution in [0.15, 0.2) is 22.6 Å². The van der Waals surface area contributed by atoms with Crippen LogP contribution < -0.4 is 10.0 Å². The van der Waals surface area contributed by atoms with Gasteiger partial charge in [-0.15, -0.1) is 0 Å². The van der Waals surface area contributed by atoms with E-state index in [0.29, 0.717) is 29.6 Å². The van der Waals surface area contributed by atoms with Gasteiger partial charge in [-0.3, -0.25) is 0 Å². The molecule has 1 saturated carbocycles. The number of halogens is 1. The van der Waals surface area contributed by atoms with Crippen molar-refractivity contribution >= 4 is 27.3 Å². The van der Waals surface area contributed by atoms with Crippen molar-refractivity contribution in [1.82, 2.24) is 14.0 Å². The molecule has 0 unspecified atom stereocenters. The summed E-state index contributed by atoms with van der Waals surface area (Å²) in [5.41, 5.74) is 1.05. The maximum atomic E-state index is 13.2. The summed E-state index contributed by atoms with van der Waals surface area (Å²) in [6, 6.07) is 4.89. The molecule has 3 rings (SSSR count). The number of rotatable bonds is 6. The van der Waals surface area contributed by atoms with Gasteiger partial charge in [-0.25, -0.2) is 9.11 Å². The van der Waals surface area contributed by atoms with Gasteiger partial charge in [-0.2, -0.15) is 17.7 Å². The molecule has 0 aliphatic heterocycles. The second kappa shape index (κ2) is 7.27. The predicted molar refractivity (Wildman–Crippen MR) is 93.9 cm³/mol. The summed E-state index contributed by atoms with van der Waals surface area (Å²) < 4.78 is 46.0. The average molecular weight is 370 g/mol. The highest BCUT2D eigenvalue weighted by Gasteiger charge is 2.24. The summed E-state index contributed by atoms with van der Waals surface area (Å²) in [4.78, 5) is 4.31. The van der Waals surface area contributed by atoms with E-state index in [1.165, 1.54) is 30.5 Å². The number of fused-ring (bicyclic) bond motifs is 1. The van der Waals surface area contributed by atoms with E-state index in [2.05, 4.69) is 15.0 Å². The highest BCUT2D eigenvalue weighted by Crippen LogP contribution is 2.27. The molecule has 138 valence electrons. The monoisotopic (exact) mass is 370 g/mol. The third-order valence-electron chi connectivity index (χ3n) is 4.56. The van der Waals surface area contributed by atoms with Crippen LogP contribution >= 0.6 is 0 Å². The maximum absolute atomic E-state index is 13.2. The lowest BCUT2D eigenvalue weighted by Crippen LogP contribution is -2.39. The maximum Gasteiger partial charge on any atom is 0.295 e. The van der Waals surface area contributed by atoms with Crippen molar-refractivity contribution in [3.8, 4) is 0 Å². The molecular weight excluding hydrogens is 347 g/mol. The van der Waals surface area contributed by atoms with Gasteiger partial charge in [0.05, 0.1) is 0 Å². The van der Waals surface area contributed by atoms with E-state index >= 15 is 0 Å². The molecule has 0 atom stereocenters. The van der Waals surface area contributed by atoms with Crippen LogP contribution in [0.2, 0.25) is 0 Å². The number of nitrogens with one attached hydrogen (secondary N) is 2. The van der Waals surface area contributed by atoms with Gasteiger partial charge in [0.1, 0.15) is 11.3 Å². The third-order valence-corrected chi connectivity index (χ3v) is 6.05. The minimum Gasteiger partial charge on any atom is -0.423 e. The second-order valence-corrected chi connectivity index (χ2v) is 8.60. The van der Waals surface area contributed by atoms with Gasteiger partial charge in [0.25, 0.3) is 16.2 Å². The average Bonchev–Trinajstić information content (AvgIpc) is 2.95. The van der Waals surface area contributed by atoms with Crippen molar-refractivity contribution in [1.29, 1.82) is 0 Å². The first-order valence-electron chi connectivity index (χ1n) is 8.33. The Kier molecular flexibility index (Phi) is 5.26. The number of benzene rings is 1. The Morgan fingerprint density at radius 3 is 2.68 bits per heavy atom. The predicted octanol–water partition coefficient (Wildman–Crippen LogP) is 2.33. The molecule has 0 amide bonds. The zero-order valence-electron chi connectivity index (χ0n) is 14.3. The van der Waals surface area contributed by atoms with Gasteiger partial charge in [-0.05, 0) is 43.7 Å². The van der Waals surface area contributed by atoms with Gasteiger partial charge in [0.15, 0.2) is 5.58 Å². The summed E-state index contributed by atoms with van der Waals surface area (Å²) >= 11 is 0. The molecule has 0 radical (unpaired) electrons. The van der Waals surface area contributed by atoms with Gasteiger partial charge in [0, 0.05) is 32.7 Å². The number of hydrogen-bond acceptors (Lipinski definition) is 5. The van der Waals surface area contributed by atoms with Crippen molar-refractivity contribution in [2.45, 2.75) is 31.7 Å². The molecule has 2 aromatic rings. The van der Waals surface area contributed by atoms with Crippen LogP contribution in [0.5, 0.6) is 0 Å². The molecule has 1 heterocycles. The van der Waals surface area contributed by atoms with E-state index in [-0.39, 0.29) is 11.9 Å². The first-order valence-corrected chi connectivity index (χ1v) is 9.77. The zero-order valence-corrected chi connectivity index (χ0v) is 15.1. The summed E-state index contributed by atoms with van der Waals surface area (Å²) in [6.07, 6.45) is 3.65. The summed E-state index contributed by atoms with van der Waals surface area (Å²) in [5.74, 6) is -0.0265. The topological polar surface area (TPSA) is 87.5 Å². The lowest BCUT2D eigenvalue weighted by molar-refractivity contribution is 0.332. The van der Waals surface area contributed by atoms with E-state index < -0.39 is 10.2 Å². The largest absolute Gasteiger partial charge is 0.423 e. The molecule has 0 spiro atoms. The van der Waals surface area contributed by atoms with Gasteiger partial charge in [-0.1, -0.05) is 0 Å². The fourth-order valence-corrected chi connectivity index (χ4v) is 3.70. The standard InChI is InChI=1S/C16H23FN4O3S/c1-21(2)25(22,23)18-10-11-3-6-13(7-4-11)19-16-20-14-8-5-12(17)9-15(14)24-16/h5,8-9,11,13,18H,3-4,6-7,10H2,1-2H3,(H,19,20). The van der Waals surface area contributed by atoms with Crippen molar-refractivity contribution in [3.05, 3.63) is 24.0 Å². The number of nitrogens with zero attached hydrogens (tertiary/aromatic N) is 2. The fourth-order valence-electron chi connectivity index (χ4n) is 3.00. The quantitative estimate of drug-likeness (QED) is 0.815. The van der Waals surface area contributed by atoms with Crippen LogP contribution in [0, 0.1) is 11.7 Å². The van der Waals surface area contributed by atoms with Crippen molar-refractivity contribution in [3.63, 3.8) is 0 Å². The summed E-state index contributed by atoms with van der Waals surface area (Å²) in [6.45, 7) is 0.454. The molecule has 0 saturated heterocycles. The molecule has 1 aromatic carbocycles. The van der Waals surface area contributed by atoms with Gasteiger partial charge < -0.3 is 9.73 Å². The molecule has 1 aliphatic carbocycles. The second-order valence-electron chi connectivity index (χ2n) is 6.63. The Hall–Kier alpha value is -1.71. The Labute approximate surface area is 146 Å². The van der Waals surface area contributed by atoms with Crippen molar-refractivity contribution in [2.24, 2.45) is 5.92 Å². The fraction of sp³-hybridized carbons (Fsp3) is 0.562. The first-order chi connectivity index (χ1) is 11.8. The van der Waals surface area contributed by atoms with Crippen LogP contribution in [-0.2, 0) is 10.2 Å². The van der Waals surface area contributed by atoms with E-state index in [9.17, 15) is 12.8 Å². The molecule has 1 aromatic heterocycles. The minimum absolute atomic E-state index is 0.222. The lowest BCUT2D eigenvalue weighted by Gasteiger charge is -2.29. The van der Waals surface area contributed by atoms with Gasteiger partial charge in [0.2, 0.25) is 0 Å². The van der Waals surface area contributed by atoms with Crippen molar-refractivity contribution in [2.75, 3.05) is 26.0 Å². The SMILES string of the molecule is CN(C)S(=O)(=O)NCC1CCC(Nc2nc3ccc(F)cc3o2)CC1. The van der Waals surface area contributed by atoms with E-state index in [1.54, 1.807) is 6.07 Å². The van der Waals surface area contributed by atoms with Crippen LogP contribution in [-0.4, -0.2) is 44.4 Å². The third kappa shape index (κ3) is 4.47. The van der Waals surface area contributed by atoms with Gasteiger partial charge >= 0.3 is 0 Å². The van der Waals surface area contributed by atoms with Crippen LogP contribution in [0.25, 0.3) is 11.1 Å². The van der Waals surface area contributed by atoms with E-state index in [1.807, 2.05) is 0 Å². The molecule has 1 aliphatic rings. The van der Waals surface area contributed by atoms with Crippen molar-refractivity contribution < 1.29 is 17.2 Å². The van der Waals surface area contributed by atoms with Crippen LogP contribution in [0.4, 0.5) is 10.4 Å². The van der Waals surface area contributed by atoms with Crippen LogP contribution in [0.1, 0.15) is 25.7 Å². The molecule has 2 N–H and O–H groups in total. The zero-order chi connectivity index (χ0) is 18.0. The Bertz CT molecular complexity index is 829. The number of anilines is 1.